The minimum atomic E-state index is -1.09. The summed E-state index contributed by atoms with van der Waals surface area (Å²) in [7, 11) is 0. The maximum absolute atomic E-state index is 12.1. The van der Waals surface area contributed by atoms with Crippen LogP contribution in [0.15, 0.2) is 34.7 Å². The SMILES string of the molecule is CCc1ccc(C(=O)Nc2c(C)cccc2C(=O)O)o1. The number of carbonyl (C=O) groups excluding carboxylic acids is 1. The number of furan rings is 1. The van der Waals surface area contributed by atoms with E-state index in [0.29, 0.717) is 23.4 Å². The third kappa shape index (κ3) is 2.71. The lowest BCUT2D eigenvalue weighted by Gasteiger charge is -2.10. The summed E-state index contributed by atoms with van der Waals surface area (Å²) in [6.45, 7) is 3.66. The Morgan fingerprint density at radius 1 is 1.25 bits per heavy atom. The lowest BCUT2D eigenvalue weighted by molar-refractivity contribution is 0.0698. The molecule has 0 saturated carbocycles. The van der Waals surface area contributed by atoms with Crippen LogP contribution in [-0.4, -0.2) is 17.0 Å². The molecule has 0 spiro atoms. The van der Waals surface area contributed by atoms with E-state index in [1.165, 1.54) is 6.07 Å². The number of amides is 1. The van der Waals surface area contributed by atoms with Crippen molar-refractivity contribution >= 4 is 17.6 Å². The van der Waals surface area contributed by atoms with Crippen LogP contribution in [0.25, 0.3) is 0 Å². The highest BCUT2D eigenvalue weighted by molar-refractivity contribution is 6.07. The molecular weight excluding hydrogens is 258 g/mol. The first-order chi connectivity index (χ1) is 9.52. The molecule has 0 unspecified atom stereocenters. The number of carboxylic acid groups (broad SMARTS) is 1. The van der Waals surface area contributed by atoms with Crippen LogP contribution in [0.5, 0.6) is 0 Å². The van der Waals surface area contributed by atoms with Crippen molar-refractivity contribution in [2.24, 2.45) is 0 Å². The molecule has 0 atom stereocenters. The molecule has 0 aliphatic rings. The molecule has 1 heterocycles. The second kappa shape index (κ2) is 5.61. The molecule has 5 heteroatoms. The van der Waals surface area contributed by atoms with Gasteiger partial charge in [0.2, 0.25) is 0 Å². The van der Waals surface area contributed by atoms with Gasteiger partial charge in [0.05, 0.1) is 11.3 Å². The van der Waals surface area contributed by atoms with Crippen molar-refractivity contribution in [3.63, 3.8) is 0 Å². The molecule has 0 fully saturated rings. The standard InChI is InChI=1S/C15H15NO4/c1-3-10-7-8-12(20-10)14(17)16-13-9(2)5-4-6-11(13)15(18)19/h4-8H,3H2,1-2H3,(H,16,17)(H,18,19). The highest BCUT2D eigenvalue weighted by atomic mass is 16.4. The molecule has 0 radical (unpaired) electrons. The quantitative estimate of drug-likeness (QED) is 0.897. The van der Waals surface area contributed by atoms with Gasteiger partial charge in [-0.25, -0.2) is 4.79 Å². The molecule has 5 nitrogen and oxygen atoms in total. The summed E-state index contributed by atoms with van der Waals surface area (Å²) in [6.07, 6.45) is 0.692. The van der Waals surface area contributed by atoms with Gasteiger partial charge < -0.3 is 14.8 Å². The summed E-state index contributed by atoms with van der Waals surface area (Å²) in [6, 6.07) is 8.13. The van der Waals surface area contributed by atoms with Crippen molar-refractivity contribution in [2.45, 2.75) is 20.3 Å². The Morgan fingerprint density at radius 3 is 2.60 bits per heavy atom. The predicted molar refractivity (Wildman–Crippen MR) is 74.2 cm³/mol. The topological polar surface area (TPSA) is 79.5 Å². The molecule has 104 valence electrons. The molecule has 20 heavy (non-hydrogen) atoms. The predicted octanol–water partition coefficient (Wildman–Crippen LogP) is 3.10. The third-order valence-electron chi connectivity index (χ3n) is 2.98. The molecule has 1 aromatic carbocycles. The van der Waals surface area contributed by atoms with Crippen LogP contribution >= 0.6 is 0 Å². The number of rotatable bonds is 4. The van der Waals surface area contributed by atoms with Gasteiger partial charge in [0, 0.05) is 6.42 Å². The Labute approximate surface area is 116 Å². The van der Waals surface area contributed by atoms with E-state index in [0.717, 1.165) is 0 Å². The van der Waals surface area contributed by atoms with Gasteiger partial charge in [-0.2, -0.15) is 0 Å². The summed E-state index contributed by atoms with van der Waals surface area (Å²) in [4.78, 5) is 23.2. The fourth-order valence-electron chi connectivity index (χ4n) is 1.88. The Hall–Kier alpha value is -2.56. The van der Waals surface area contributed by atoms with Crippen molar-refractivity contribution < 1.29 is 19.1 Å². The van der Waals surface area contributed by atoms with Gasteiger partial charge in [0.15, 0.2) is 5.76 Å². The van der Waals surface area contributed by atoms with Crippen LogP contribution in [-0.2, 0) is 6.42 Å². The lowest BCUT2D eigenvalue weighted by atomic mass is 10.1. The Morgan fingerprint density at radius 2 is 2.00 bits per heavy atom. The summed E-state index contributed by atoms with van der Waals surface area (Å²) < 4.78 is 5.35. The van der Waals surface area contributed by atoms with Crippen molar-refractivity contribution in [3.8, 4) is 0 Å². The molecule has 1 amide bonds. The monoisotopic (exact) mass is 273 g/mol. The van der Waals surface area contributed by atoms with Gasteiger partial charge in [0.25, 0.3) is 5.91 Å². The van der Waals surface area contributed by atoms with Crippen molar-refractivity contribution in [1.82, 2.24) is 0 Å². The number of nitrogens with one attached hydrogen (secondary N) is 1. The van der Waals surface area contributed by atoms with Crippen molar-refractivity contribution in [2.75, 3.05) is 5.32 Å². The highest BCUT2D eigenvalue weighted by Crippen LogP contribution is 2.22. The van der Waals surface area contributed by atoms with E-state index in [-0.39, 0.29) is 11.3 Å². The normalized spacial score (nSPS) is 10.3. The average molecular weight is 273 g/mol. The number of hydrogen-bond donors (Lipinski definition) is 2. The zero-order valence-electron chi connectivity index (χ0n) is 11.3. The van der Waals surface area contributed by atoms with Crippen LogP contribution < -0.4 is 5.32 Å². The van der Waals surface area contributed by atoms with E-state index in [1.807, 2.05) is 6.92 Å². The Balaban J connectivity index is 2.30. The summed E-state index contributed by atoms with van der Waals surface area (Å²) in [5, 5.41) is 11.7. The van der Waals surface area contributed by atoms with Crippen LogP contribution in [0.3, 0.4) is 0 Å². The number of aryl methyl sites for hydroxylation is 2. The molecule has 0 aliphatic carbocycles. The summed E-state index contributed by atoms with van der Waals surface area (Å²) in [5.74, 6) is -0.668. The lowest BCUT2D eigenvalue weighted by Crippen LogP contribution is -2.15. The first-order valence-electron chi connectivity index (χ1n) is 6.26. The molecule has 0 bridgehead atoms. The summed E-state index contributed by atoms with van der Waals surface area (Å²) >= 11 is 0. The zero-order valence-corrected chi connectivity index (χ0v) is 11.3. The minimum Gasteiger partial charge on any atom is -0.478 e. The second-order valence-electron chi connectivity index (χ2n) is 4.38. The number of benzene rings is 1. The van der Waals surface area contributed by atoms with Gasteiger partial charge in [0.1, 0.15) is 5.76 Å². The van der Waals surface area contributed by atoms with Crippen LogP contribution in [0.4, 0.5) is 5.69 Å². The van der Waals surface area contributed by atoms with E-state index >= 15 is 0 Å². The van der Waals surface area contributed by atoms with Crippen molar-refractivity contribution in [1.29, 1.82) is 0 Å². The first-order valence-corrected chi connectivity index (χ1v) is 6.26. The molecule has 0 saturated heterocycles. The third-order valence-corrected chi connectivity index (χ3v) is 2.98. The van der Waals surface area contributed by atoms with Gasteiger partial charge in [-0.05, 0) is 30.7 Å². The molecule has 2 aromatic rings. The number of carboxylic acids is 1. The molecular formula is C15H15NO4. The molecule has 2 rings (SSSR count). The number of anilines is 1. The van der Waals surface area contributed by atoms with E-state index in [9.17, 15) is 9.59 Å². The smallest absolute Gasteiger partial charge is 0.337 e. The van der Waals surface area contributed by atoms with Crippen molar-refractivity contribution in [3.05, 3.63) is 53.0 Å². The Kier molecular flexibility index (Phi) is 3.89. The number of hydrogen-bond acceptors (Lipinski definition) is 3. The van der Waals surface area contributed by atoms with E-state index < -0.39 is 11.9 Å². The average Bonchev–Trinajstić information content (AvgIpc) is 2.89. The highest BCUT2D eigenvalue weighted by Gasteiger charge is 2.17. The Bertz CT molecular complexity index is 658. The maximum atomic E-state index is 12.1. The van der Waals surface area contributed by atoms with Gasteiger partial charge in [-0.1, -0.05) is 19.1 Å². The second-order valence-corrected chi connectivity index (χ2v) is 4.38. The van der Waals surface area contributed by atoms with Crippen LogP contribution in [0.2, 0.25) is 0 Å². The van der Waals surface area contributed by atoms with E-state index in [1.54, 1.807) is 31.2 Å². The first kappa shape index (κ1) is 13.9. The molecule has 1 aromatic heterocycles. The number of para-hydroxylation sites is 1. The minimum absolute atomic E-state index is 0.0561. The fraction of sp³-hybridized carbons (Fsp3) is 0.200. The van der Waals surface area contributed by atoms with Gasteiger partial charge in [-0.3, -0.25) is 4.79 Å². The zero-order chi connectivity index (χ0) is 14.7. The van der Waals surface area contributed by atoms with Gasteiger partial charge >= 0.3 is 5.97 Å². The molecule has 2 N–H and O–H groups in total. The van der Waals surface area contributed by atoms with E-state index in [2.05, 4.69) is 5.32 Å². The largest absolute Gasteiger partial charge is 0.478 e. The van der Waals surface area contributed by atoms with Crippen LogP contribution in [0, 0.1) is 6.92 Å². The molecule has 0 aliphatic heterocycles. The maximum Gasteiger partial charge on any atom is 0.337 e. The van der Waals surface area contributed by atoms with E-state index in [4.69, 9.17) is 9.52 Å². The summed E-state index contributed by atoms with van der Waals surface area (Å²) in [5.41, 5.74) is 1.03. The van der Waals surface area contributed by atoms with Gasteiger partial charge in [-0.15, -0.1) is 0 Å². The number of aromatic carboxylic acids is 1. The fourth-order valence-corrected chi connectivity index (χ4v) is 1.88. The van der Waals surface area contributed by atoms with Crippen LogP contribution in [0.1, 0.15) is 39.2 Å². The number of carbonyl (C=O) groups is 2.